The van der Waals surface area contributed by atoms with Gasteiger partial charge in [0.15, 0.2) is 0 Å². The molecule has 0 fully saturated rings. The van der Waals surface area contributed by atoms with E-state index in [0.717, 1.165) is 21.2 Å². The lowest BCUT2D eigenvalue weighted by Gasteiger charge is -2.29. The summed E-state index contributed by atoms with van der Waals surface area (Å²) in [7, 11) is 0. The Labute approximate surface area is 319 Å². The third-order valence-corrected chi connectivity index (χ3v) is 8.75. The second-order valence-electron chi connectivity index (χ2n) is 11.8. The highest BCUT2D eigenvalue weighted by Crippen LogP contribution is 2.46. The Morgan fingerprint density at radius 1 is 0.353 bits per heavy atom. The van der Waals surface area contributed by atoms with Gasteiger partial charge in [0.05, 0.1) is 30.6 Å². The standard InChI is InChI=1S/C50H35N/c1-4-15-36(16-5-1)42-30-34-49(47(35-42)38-17-6-2-7-18-38)51(48-26-14-23-37-19-10-12-24-44(37)48)43-31-27-40(28-32-43)46-33-29-39-20-11-13-25-45(39)50(46)41-21-8-3-9-22-41/h1-35H/i10D,12D,14D,19D,23D,24D,26D,27D,28D,30D,31D,32D,34D,35D. The largest absolute Gasteiger partial charge is 0.309 e. The van der Waals surface area contributed by atoms with E-state index >= 15 is 0 Å². The topological polar surface area (TPSA) is 3.24 Å². The van der Waals surface area contributed by atoms with Crippen LogP contribution in [0.1, 0.15) is 19.2 Å². The minimum Gasteiger partial charge on any atom is -0.309 e. The zero-order valence-corrected chi connectivity index (χ0v) is 27.1. The highest BCUT2D eigenvalue weighted by molar-refractivity contribution is 6.05. The fourth-order valence-corrected chi connectivity index (χ4v) is 6.38. The van der Waals surface area contributed by atoms with E-state index in [1.165, 1.54) is 0 Å². The molecule has 1 nitrogen and oxygen atoms in total. The van der Waals surface area contributed by atoms with E-state index in [0.29, 0.717) is 22.3 Å². The minimum atomic E-state index is -0.794. The number of benzene rings is 9. The Balaban J connectivity index is 1.49. The second-order valence-corrected chi connectivity index (χ2v) is 11.8. The van der Waals surface area contributed by atoms with Gasteiger partial charge in [-0.15, -0.1) is 0 Å². The van der Waals surface area contributed by atoms with Crippen LogP contribution in [-0.2, 0) is 0 Å². The van der Waals surface area contributed by atoms with Crippen LogP contribution in [0.4, 0.5) is 17.1 Å². The molecule has 0 aromatic heterocycles. The van der Waals surface area contributed by atoms with Crippen molar-refractivity contribution in [2.75, 3.05) is 4.90 Å². The predicted octanol–water partition coefficient (Wildman–Crippen LogP) is 14.1. The highest BCUT2D eigenvalue weighted by Gasteiger charge is 2.21. The maximum atomic E-state index is 9.88. The van der Waals surface area contributed by atoms with E-state index < -0.39 is 101 Å². The molecule has 0 saturated heterocycles. The molecule has 51 heavy (non-hydrogen) atoms. The molecule has 0 unspecified atom stereocenters. The van der Waals surface area contributed by atoms with Gasteiger partial charge < -0.3 is 4.90 Å². The van der Waals surface area contributed by atoms with Crippen molar-refractivity contribution in [2.24, 2.45) is 0 Å². The first-order chi connectivity index (χ1) is 31.2. The molecule has 240 valence electrons. The molecule has 0 aliphatic heterocycles. The van der Waals surface area contributed by atoms with Crippen molar-refractivity contribution in [3.8, 4) is 44.5 Å². The van der Waals surface area contributed by atoms with Gasteiger partial charge in [-0.3, -0.25) is 0 Å². The van der Waals surface area contributed by atoms with Crippen molar-refractivity contribution in [3.05, 3.63) is 212 Å². The van der Waals surface area contributed by atoms with E-state index in [4.69, 9.17) is 6.85 Å². The summed E-state index contributed by atoms with van der Waals surface area (Å²) in [6.45, 7) is 0. The van der Waals surface area contributed by atoms with Gasteiger partial charge >= 0.3 is 0 Å². The Morgan fingerprint density at radius 2 is 0.980 bits per heavy atom. The van der Waals surface area contributed by atoms with Gasteiger partial charge in [0.1, 0.15) is 0 Å². The molecule has 0 N–H and O–H groups in total. The van der Waals surface area contributed by atoms with E-state index in [-0.39, 0.29) is 28.4 Å². The Morgan fingerprint density at radius 3 is 1.75 bits per heavy atom. The van der Waals surface area contributed by atoms with Crippen LogP contribution in [0.5, 0.6) is 0 Å². The smallest absolute Gasteiger partial charge is 0.0645 e. The maximum absolute atomic E-state index is 9.88. The van der Waals surface area contributed by atoms with Crippen LogP contribution in [0.25, 0.3) is 66.1 Å². The maximum Gasteiger partial charge on any atom is 0.0645 e. The summed E-state index contributed by atoms with van der Waals surface area (Å²) >= 11 is 0. The van der Waals surface area contributed by atoms with Crippen LogP contribution >= 0.6 is 0 Å². The number of anilines is 3. The normalized spacial score (nSPS) is 15.0. The first-order valence-electron chi connectivity index (χ1n) is 23.4. The van der Waals surface area contributed by atoms with Crippen molar-refractivity contribution < 1.29 is 19.2 Å². The molecule has 0 heterocycles. The minimum absolute atomic E-state index is 0.0397. The van der Waals surface area contributed by atoms with Crippen molar-refractivity contribution in [2.45, 2.75) is 0 Å². The fraction of sp³-hybridized carbons (Fsp3) is 0. The monoisotopic (exact) mass is 663 g/mol. The summed E-state index contributed by atoms with van der Waals surface area (Å²) in [4.78, 5) is 0.973. The number of rotatable bonds is 7. The summed E-state index contributed by atoms with van der Waals surface area (Å²) in [5.41, 5.74) is 0.921. The van der Waals surface area contributed by atoms with E-state index in [1.54, 1.807) is 66.7 Å². The number of fused-ring (bicyclic) bond motifs is 2. The van der Waals surface area contributed by atoms with Gasteiger partial charge in [0.25, 0.3) is 0 Å². The zero-order chi connectivity index (χ0) is 46.2. The summed E-state index contributed by atoms with van der Waals surface area (Å²) in [5.74, 6) is 0. The van der Waals surface area contributed by atoms with Gasteiger partial charge in [0.2, 0.25) is 0 Å². The summed E-state index contributed by atoms with van der Waals surface area (Å²) in [6, 6.07) is 28.4. The van der Waals surface area contributed by atoms with Crippen molar-refractivity contribution in [1.29, 1.82) is 0 Å². The summed E-state index contributed by atoms with van der Waals surface area (Å²) < 4.78 is 131. The average molecular weight is 664 g/mol. The zero-order valence-electron chi connectivity index (χ0n) is 41.1. The molecular weight excluding hydrogens is 615 g/mol. The number of hydrogen-bond acceptors (Lipinski definition) is 1. The molecule has 0 amide bonds. The molecule has 0 radical (unpaired) electrons. The highest BCUT2D eigenvalue weighted by atomic mass is 15.1. The van der Waals surface area contributed by atoms with Crippen LogP contribution in [-0.4, -0.2) is 0 Å². The summed E-state index contributed by atoms with van der Waals surface area (Å²) in [5, 5.41) is 0.725. The Hall–Kier alpha value is -6.70. The van der Waals surface area contributed by atoms with Crippen LogP contribution < -0.4 is 4.90 Å². The lowest BCUT2D eigenvalue weighted by Crippen LogP contribution is -2.12. The average Bonchev–Trinajstić information content (AvgIpc) is 3.32. The van der Waals surface area contributed by atoms with Gasteiger partial charge in [-0.2, -0.15) is 0 Å². The first-order valence-corrected chi connectivity index (χ1v) is 16.4. The summed E-state index contributed by atoms with van der Waals surface area (Å²) in [6.07, 6.45) is 0. The van der Waals surface area contributed by atoms with Crippen molar-refractivity contribution in [3.63, 3.8) is 0 Å². The Kier molecular flexibility index (Phi) is 4.93. The number of hydrogen-bond donors (Lipinski definition) is 0. The van der Waals surface area contributed by atoms with E-state index in [2.05, 4.69) is 0 Å². The van der Waals surface area contributed by atoms with Crippen molar-refractivity contribution >= 4 is 38.6 Å². The molecule has 0 spiro atoms. The van der Waals surface area contributed by atoms with Gasteiger partial charge in [-0.25, -0.2) is 0 Å². The van der Waals surface area contributed by atoms with Crippen LogP contribution in [0.2, 0.25) is 0 Å². The molecule has 0 atom stereocenters. The first kappa shape index (κ1) is 18.9. The van der Waals surface area contributed by atoms with Crippen molar-refractivity contribution in [1.82, 2.24) is 0 Å². The van der Waals surface area contributed by atoms with Gasteiger partial charge in [0, 0.05) is 16.6 Å². The SMILES string of the molecule is [2H]c1c([2H])c(N(c2c([2H])c([2H])c(-c3ccc4ccccc4c3-c3ccccc3)c([2H])c2[2H])c2c([2H])c([2H])c([2H])c3c([2H])c([2H])c([2H])c([2H])c23)c(-c2ccccc2)c([2H])c1-c1ccccc1. The predicted molar refractivity (Wildman–Crippen MR) is 218 cm³/mol. The fourth-order valence-electron chi connectivity index (χ4n) is 6.38. The lowest BCUT2D eigenvalue weighted by atomic mass is 9.89. The molecule has 0 aliphatic rings. The molecule has 9 aromatic carbocycles. The molecular formula is C50H35N. The molecule has 9 rings (SSSR count). The molecule has 9 aromatic rings. The second kappa shape index (κ2) is 13.3. The lowest BCUT2D eigenvalue weighted by molar-refractivity contribution is 1.30. The van der Waals surface area contributed by atoms with Crippen LogP contribution in [0.15, 0.2) is 212 Å². The van der Waals surface area contributed by atoms with Gasteiger partial charge in [-0.1, -0.05) is 182 Å². The quantitative estimate of drug-likeness (QED) is 0.164. The van der Waals surface area contributed by atoms with E-state index in [9.17, 15) is 12.3 Å². The molecule has 0 saturated carbocycles. The third kappa shape index (κ3) is 5.75. The Bertz CT molecular complexity index is 3380. The van der Waals surface area contributed by atoms with Crippen LogP contribution in [0.3, 0.4) is 0 Å². The molecule has 0 bridgehead atoms. The third-order valence-electron chi connectivity index (χ3n) is 8.75. The van der Waals surface area contributed by atoms with E-state index in [1.807, 2.05) is 60.7 Å². The molecule has 1 heteroatoms. The van der Waals surface area contributed by atoms with Crippen LogP contribution in [0, 0.1) is 0 Å². The van der Waals surface area contributed by atoms with Gasteiger partial charge in [-0.05, 0) is 85.3 Å². The molecule has 0 aliphatic carbocycles. The number of nitrogens with zero attached hydrogens (tertiary/aromatic N) is 1.